The van der Waals surface area contributed by atoms with Crippen molar-refractivity contribution < 1.29 is 9.13 Å². The highest BCUT2D eigenvalue weighted by atomic mass is 79.9. The minimum absolute atomic E-state index is 0.105. The lowest BCUT2D eigenvalue weighted by molar-refractivity contribution is 0.303. The Labute approximate surface area is 140 Å². The molecule has 21 heavy (non-hydrogen) atoms. The second-order valence-electron chi connectivity index (χ2n) is 4.26. The van der Waals surface area contributed by atoms with Crippen molar-refractivity contribution in [1.82, 2.24) is 0 Å². The Morgan fingerprint density at radius 2 is 1.95 bits per heavy atom. The molecule has 0 spiro atoms. The quantitative estimate of drug-likeness (QED) is 0.650. The first-order valence-corrected chi connectivity index (χ1v) is 7.77. The Kier molecular flexibility index (Phi) is 5.46. The van der Waals surface area contributed by atoms with Crippen LogP contribution in [0.15, 0.2) is 30.3 Å². The van der Waals surface area contributed by atoms with Crippen LogP contribution in [0.5, 0.6) is 5.75 Å². The zero-order valence-electron chi connectivity index (χ0n) is 10.7. The molecule has 0 radical (unpaired) electrons. The van der Waals surface area contributed by atoms with Gasteiger partial charge in [-0.1, -0.05) is 39.1 Å². The molecule has 0 aliphatic heterocycles. The highest BCUT2D eigenvalue weighted by molar-refractivity contribution is 9.08. The molecule has 6 heteroatoms. The molecule has 0 bridgehead atoms. The average molecular weight is 389 g/mol. The van der Waals surface area contributed by atoms with Crippen LogP contribution < -0.4 is 4.74 Å². The SMILES string of the molecule is N#Cc1cc(F)cc(COc2c(Cl)cc(Cl)cc2CBr)c1. The average Bonchev–Trinajstić information content (AvgIpc) is 2.44. The first-order valence-electron chi connectivity index (χ1n) is 5.89. The third-order valence-corrected chi connectivity index (χ3v) is 3.80. The number of hydrogen-bond acceptors (Lipinski definition) is 2. The Morgan fingerprint density at radius 3 is 2.62 bits per heavy atom. The van der Waals surface area contributed by atoms with Gasteiger partial charge in [0.1, 0.15) is 18.2 Å². The lowest BCUT2D eigenvalue weighted by Gasteiger charge is -2.13. The predicted molar refractivity (Wildman–Crippen MR) is 84.5 cm³/mol. The summed E-state index contributed by atoms with van der Waals surface area (Å²) in [4.78, 5) is 0. The molecule has 2 aromatic rings. The maximum Gasteiger partial charge on any atom is 0.142 e. The molecule has 0 aliphatic carbocycles. The summed E-state index contributed by atoms with van der Waals surface area (Å²) in [5, 5.41) is 10.2. The first kappa shape index (κ1) is 16.1. The first-order chi connectivity index (χ1) is 10.0. The Hall–Kier alpha value is -1.28. The van der Waals surface area contributed by atoms with Gasteiger partial charge < -0.3 is 4.74 Å². The molecular weight excluding hydrogens is 380 g/mol. The summed E-state index contributed by atoms with van der Waals surface area (Å²) in [7, 11) is 0. The van der Waals surface area contributed by atoms with Gasteiger partial charge in [-0.3, -0.25) is 0 Å². The lowest BCUT2D eigenvalue weighted by atomic mass is 10.1. The van der Waals surface area contributed by atoms with Crippen LogP contribution in [0, 0.1) is 17.1 Å². The summed E-state index contributed by atoms with van der Waals surface area (Å²) in [6.07, 6.45) is 0. The molecule has 0 amide bonds. The van der Waals surface area contributed by atoms with Crippen molar-refractivity contribution in [3.05, 3.63) is 62.9 Å². The van der Waals surface area contributed by atoms with Crippen molar-refractivity contribution in [2.75, 3.05) is 0 Å². The predicted octanol–water partition coefficient (Wildman–Crippen LogP) is 5.48. The molecule has 2 nitrogen and oxygen atoms in total. The fourth-order valence-electron chi connectivity index (χ4n) is 1.83. The minimum Gasteiger partial charge on any atom is -0.487 e. The third-order valence-electron chi connectivity index (χ3n) is 2.70. The van der Waals surface area contributed by atoms with Crippen molar-refractivity contribution in [3.63, 3.8) is 0 Å². The van der Waals surface area contributed by atoms with Crippen LogP contribution in [-0.4, -0.2) is 0 Å². The van der Waals surface area contributed by atoms with Crippen LogP contribution in [0.25, 0.3) is 0 Å². The molecule has 0 saturated carbocycles. The standard InChI is InChI=1S/C15H9BrCl2FNO/c16-6-11-4-12(17)5-14(18)15(11)21-8-10-1-9(7-20)2-13(19)3-10/h1-5H,6,8H2. The highest BCUT2D eigenvalue weighted by Crippen LogP contribution is 2.34. The third kappa shape index (κ3) is 4.10. The van der Waals surface area contributed by atoms with Crippen LogP contribution >= 0.6 is 39.1 Å². The zero-order chi connectivity index (χ0) is 15.4. The molecule has 108 valence electrons. The highest BCUT2D eigenvalue weighted by Gasteiger charge is 2.11. The Balaban J connectivity index is 2.25. The van der Waals surface area contributed by atoms with Crippen molar-refractivity contribution in [1.29, 1.82) is 5.26 Å². The van der Waals surface area contributed by atoms with Gasteiger partial charge in [-0.15, -0.1) is 0 Å². The second kappa shape index (κ2) is 7.13. The van der Waals surface area contributed by atoms with Crippen molar-refractivity contribution in [3.8, 4) is 11.8 Å². The lowest BCUT2D eigenvalue weighted by Crippen LogP contribution is -2.00. The van der Waals surface area contributed by atoms with Crippen LogP contribution in [0.2, 0.25) is 10.0 Å². The topological polar surface area (TPSA) is 33.0 Å². The normalized spacial score (nSPS) is 10.2. The molecule has 2 aromatic carbocycles. The molecule has 0 saturated heterocycles. The summed E-state index contributed by atoms with van der Waals surface area (Å²) in [6, 6.07) is 9.28. The number of benzene rings is 2. The number of ether oxygens (including phenoxy) is 1. The van der Waals surface area contributed by atoms with E-state index in [-0.39, 0.29) is 12.2 Å². The molecule has 0 heterocycles. The van der Waals surface area contributed by atoms with Crippen LogP contribution in [0.4, 0.5) is 4.39 Å². The van der Waals surface area contributed by atoms with E-state index in [1.54, 1.807) is 18.2 Å². The smallest absolute Gasteiger partial charge is 0.142 e. The fraction of sp³-hybridized carbons (Fsp3) is 0.133. The van der Waals surface area contributed by atoms with Gasteiger partial charge in [0, 0.05) is 15.9 Å². The van der Waals surface area contributed by atoms with Gasteiger partial charge >= 0.3 is 0 Å². The zero-order valence-corrected chi connectivity index (χ0v) is 13.8. The fourth-order valence-corrected chi connectivity index (χ4v) is 2.83. The van der Waals surface area contributed by atoms with Crippen LogP contribution in [0.1, 0.15) is 16.7 Å². The number of nitriles is 1. The van der Waals surface area contributed by atoms with Gasteiger partial charge in [-0.2, -0.15) is 5.26 Å². The van der Waals surface area contributed by atoms with Crippen molar-refractivity contribution >= 4 is 39.1 Å². The van der Waals surface area contributed by atoms with Gasteiger partial charge in [0.25, 0.3) is 0 Å². The van der Waals surface area contributed by atoms with Gasteiger partial charge in [-0.05, 0) is 35.9 Å². The molecular formula is C15H9BrCl2FNO. The van der Waals surface area contributed by atoms with E-state index in [0.717, 1.165) is 5.56 Å². The van der Waals surface area contributed by atoms with E-state index in [4.69, 9.17) is 33.2 Å². The molecule has 0 N–H and O–H groups in total. The van der Waals surface area contributed by atoms with E-state index < -0.39 is 5.82 Å². The Morgan fingerprint density at radius 1 is 1.19 bits per heavy atom. The van der Waals surface area contributed by atoms with Gasteiger partial charge in [-0.25, -0.2) is 4.39 Å². The minimum atomic E-state index is -0.476. The van der Waals surface area contributed by atoms with E-state index in [9.17, 15) is 4.39 Å². The van der Waals surface area contributed by atoms with E-state index in [2.05, 4.69) is 15.9 Å². The number of nitrogens with zero attached hydrogens (tertiary/aromatic N) is 1. The van der Waals surface area contributed by atoms with Crippen molar-refractivity contribution in [2.24, 2.45) is 0 Å². The summed E-state index contributed by atoms with van der Waals surface area (Å²) < 4.78 is 19.0. The van der Waals surface area contributed by atoms with Crippen molar-refractivity contribution in [2.45, 2.75) is 11.9 Å². The monoisotopic (exact) mass is 387 g/mol. The van der Waals surface area contributed by atoms with Crippen LogP contribution in [-0.2, 0) is 11.9 Å². The van der Waals surface area contributed by atoms with Gasteiger partial charge in [0.15, 0.2) is 0 Å². The number of hydrogen-bond donors (Lipinski definition) is 0. The Bertz CT molecular complexity index is 716. The summed E-state index contributed by atoms with van der Waals surface area (Å²) in [5.41, 5.74) is 1.60. The number of alkyl halides is 1. The summed E-state index contributed by atoms with van der Waals surface area (Å²) in [5.74, 6) is 0.0104. The van der Waals surface area contributed by atoms with E-state index in [1.165, 1.54) is 12.1 Å². The summed E-state index contributed by atoms with van der Waals surface area (Å²) >= 11 is 15.4. The van der Waals surface area contributed by atoms with Gasteiger partial charge in [0.2, 0.25) is 0 Å². The molecule has 2 rings (SSSR count). The van der Waals surface area contributed by atoms with E-state index in [1.807, 2.05) is 6.07 Å². The molecule has 0 fully saturated rings. The second-order valence-corrected chi connectivity index (χ2v) is 5.66. The largest absolute Gasteiger partial charge is 0.487 e. The summed E-state index contributed by atoms with van der Waals surface area (Å²) in [6.45, 7) is 0.105. The van der Waals surface area contributed by atoms with E-state index in [0.29, 0.717) is 26.7 Å². The number of rotatable bonds is 4. The molecule has 0 aromatic heterocycles. The van der Waals surface area contributed by atoms with Crippen LogP contribution in [0.3, 0.4) is 0 Å². The maximum absolute atomic E-state index is 13.4. The molecule has 0 aliphatic rings. The maximum atomic E-state index is 13.4. The van der Waals surface area contributed by atoms with E-state index >= 15 is 0 Å². The van der Waals surface area contributed by atoms with Gasteiger partial charge in [0.05, 0.1) is 16.7 Å². The number of halogens is 4. The molecule has 0 unspecified atom stereocenters. The molecule has 0 atom stereocenters.